The molecule has 0 bridgehead atoms. The molecule has 0 aromatic carbocycles. The van der Waals surface area contributed by atoms with Gasteiger partial charge < -0.3 is 10.2 Å². The van der Waals surface area contributed by atoms with Crippen LogP contribution >= 0.6 is 0 Å². The number of amides is 2. The molecule has 2 heterocycles. The van der Waals surface area contributed by atoms with Crippen LogP contribution < -0.4 is 5.32 Å². The summed E-state index contributed by atoms with van der Waals surface area (Å²) >= 11 is 0. The number of aromatic nitrogens is 1. The number of likely N-dealkylation sites (tertiary alicyclic amines) is 1. The maximum Gasteiger partial charge on any atom is 0.224 e. The van der Waals surface area contributed by atoms with Crippen LogP contribution in [0.4, 0.5) is 0 Å². The van der Waals surface area contributed by atoms with Crippen LogP contribution in [0.3, 0.4) is 0 Å². The highest BCUT2D eigenvalue weighted by Gasteiger charge is 2.34. The molecule has 2 fully saturated rings. The zero-order valence-electron chi connectivity index (χ0n) is 14.2. The summed E-state index contributed by atoms with van der Waals surface area (Å²) < 4.78 is 0. The Morgan fingerprint density at radius 3 is 2.83 bits per heavy atom. The number of aryl methyl sites for hydroxylation is 1. The molecule has 0 spiro atoms. The van der Waals surface area contributed by atoms with Gasteiger partial charge in [-0.3, -0.25) is 14.6 Å². The largest absolute Gasteiger partial charge is 0.356 e. The van der Waals surface area contributed by atoms with Gasteiger partial charge in [-0.05, 0) is 44.2 Å². The molecule has 0 unspecified atom stereocenters. The Hall–Kier alpha value is -1.91. The van der Waals surface area contributed by atoms with Crippen LogP contribution in [0, 0.1) is 5.92 Å². The maximum atomic E-state index is 12.4. The SMILES string of the molecule is O=C(NCCCc1ccccn1)[C@H]1CCC(=O)N(C2CCCC2)C1. The van der Waals surface area contributed by atoms with E-state index in [-0.39, 0.29) is 17.7 Å². The average molecular weight is 329 g/mol. The number of rotatable bonds is 6. The minimum Gasteiger partial charge on any atom is -0.356 e. The van der Waals surface area contributed by atoms with Crippen LogP contribution in [0.5, 0.6) is 0 Å². The maximum absolute atomic E-state index is 12.4. The van der Waals surface area contributed by atoms with Crippen molar-refractivity contribution in [3.05, 3.63) is 30.1 Å². The lowest BCUT2D eigenvalue weighted by Gasteiger charge is -2.36. The number of piperidine rings is 1. The minimum atomic E-state index is -0.0434. The van der Waals surface area contributed by atoms with Crippen molar-refractivity contribution in [2.75, 3.05) is 13.1 Å². The van der Waals surface area contributed by atoms with Crippen molar-refractivity contribution >= 4 is 11.8 Å². The molecule has 1 aliphatic carbocycles. The predicted molar refractivity (Wildman–Crippen MR) is 92.3 cm³/mol. The molecule has 1 aromatic rings. The van der Waals surface area contributed by atoms with Crippen molar-refractivity contribution < 1.29 is 9.59 Å². The first kappa shape index (κ1) is 16.9. The highest BCUT2D eigenvalue weighted by Crippen LogP contribution is 2.28. The number of hydrogen-bond donors (Lipinski definition) is 1. The number of hydrogen-bond acceptors (Lipinski definition) is 3. The third-order valence-electron chi connectivity index (χ3n) is 5.22. The fraction of sp³-hybridized carbons (Fsp3) is 0.632. The van der Waals surface area contributed by atoms with Gasteiger partial charge >= 0.3 is 0 Å². The fourth-order valence-electron chi connectivity index (χ4n) is 3.83. The van der Waals surface area contributed by atoms with Crippen molar-refractivity contribution in [2.45, 2.75) is 57.4 Å². The van der Waals surface area contributed by atoms with Crippen LogP contribution in [0.1, 0.15) is 50.6 Å². The van der Waals surface area contributed by atoms with E-state index < -0.39 is 0 Å². The smallest absolute Gasteiger partial charge is 0.224 e. The van der Waals surface area contributed by atoms with Gasteiger partial charge in [-0.15, -0.1) is 0 Å². The number of pyridine rings is 1. The van der Waals surface area contributed by atoms with Gasteiger partial charge in [-0.2, -0.15) is 0 Å². The summed E-state index contributed by atoms with van der Waals surface area (Å²) in [4.78, 5) is 30.8. The van der Waals surface area contributed by atoms with E-state index in [1.807, 2.05) is 23.1 Å². The van der Waals surface area contributed by atoms with Crippen molar-refractivity contribution in [1.82, 2.24) is 15.2 Å². The summed E-state index contributed by atoms with van der Waals surface area (Å²) in [6.45, 7) is 1.28. The first-order valence-corrected chi connectivity index (χ1v) is 9.21. The molecule has 1 saturated carbocycles. The van der Waals surface area contributed by atoms with Crippen molar-refractivity contribution in [3.8, 4) is 0 Å². The van der Waals surface area contributed by atoms with Crippen LogP contribution in [0.15, 0.2) is 24.4 Å². The second kappa shape index (κ2) is 8.27. The molecule has 130 valence electrons. The Morgan fingerprint density at radius 2 is 2.08 bits per heavy atom. The van der Waals surface area contributed by atoms with Crippen molar-refractivity contribution in [1.29, 1.82) is 0 Å². The second-order valence-corrected chi connectivity index (χ2v) is 6.94. The Morgan fingerprint density at radius 1 is 1.25 bits per heavy atom. The molecule has 1 aromatic heterocycles. The van der Waals surface area contributed by atoms with Crippen molar-refractivity contribution in [2.24, 2.45) is 5.92 Å². The molecule has 24 heavy (non-hydrogen) atoms. The standard InChI is InChI=1S/C19H27N3O2/c23-18-11-10-15(14-22(18)17-8-1-2-9-17)19(24)21-13-5-7-16-6-3-4-12-20-16/h3-4,6,12,15,17H,1-2,5,7-11,13-14H2,(H,21,24)/t15-/m0/s1. The molecule has 1 N–H and O–H groups in total. The lowest BCUT2D eigenvalue weighted by Crippen LogP contribution is -2.49. The molecule has 5 nitrogen and oxygen atoms in total. The van der Waals surface area contributed by atoms with Gasteiger partial charge in [0.25, 0.3) is 0 Å². The summed E-state index contributed by atoms with van der Waals surface area (Å²) in [5, 5.41) is 3.04. The van der Waals surface area contributed by atoms with Gasteiger partial charge in [0.2, 0.25) is 11.8 Å². The summed E-state index contributed by atoms with van der Waals surface area (Å²) in [6.07, 6.45) is 9.38. The lowest BCUT2D eigenvalue weighted by atomic mass is 9.95. The Kier molecular flexibility index (Phi) is 5.83. The third kappa shape index (κ3) is 4.34. The zero-order chi connectivity index (χ0) is 16.8. The molecule has 1 atom stereocenters. The van der Waals surface area contributed by atoms with Crippen LogP contribution in [0.2, 0.25) is 0 Å². The highest BCUT2D eigenvalue weighted by atomic mass is 16.2. The van der Waals surface area contributed by atoms with Gasteiger partial charge in [-0.25, -0.2) is 0 Å². The van der Waals surface area contributed by atoms with Gasteiger partial charge in [-0.1, -0.05) is 18.9 Å². The van der Waals surface area contributed by atoms with Gasteiger partial charge in [0.1, 0.15) is 0 Å². The number of carbonyl (C=O) groups is 2. The summed E-state index contributed by atoms with van der Waals surface area (Å²) in [5.41, 5.74) is 1.06. The van der Waals surface area contributed by atoms with E-state index >= 15 is 0 Å². The van der Waals surface area contributed by atoms with Crippen molar-refractivity contribution in [3.63, 3.8) is 0 Å². The van der Waals surface area contributed by atoms with E-state index in [1.165, 1.54) is 12.8 Å². The van der Waals surface area contributed by atoms with E-state index in [4.69, 9.17) is 0 Å². The molecular weight excluding hydrogens is 302 g/mol. The molecular formula is C19H27N3O2. The molecule has 3 rings (SSSR count). The van der Waals surface area contributed by atoms with E-state index in [2.05, 4.69) is 10.3 Å². The summed E-state index contributed by atoms with van der Waals surface area (Å²) in [6, 6.07) is 6.27. The van der Waals surface area contributed by atoms with Crippen LogP contribution in [-0.4, -0.2) is 40.8 Å². The Balaban J connectivity index is 1.42. The Labute approximate surface area is 143 Å². The molecule has 0 radical (unpaired) electrons. The van der Waals surface area contributed by atoms with Gasteiger partial charge in [0.05, 0.1) is 5.92 Å². The monoisotopic (exact) mass is 329 g/mol. The van der Waals surface area contributed by atoms with E-state index in [0.717, 1.165) is 31.4 Å². The van der Waals surface area contributed by atoms with E-state index in [1.54, 1.807) is 6.20 Å². The number of nitrogens with one attached hydrogen (secondary N) is 1. The van der Waals surface area contributed by atoms with E-state index in [0.29, 0.717) is 32.0 Å². The predicted octanol–water partition coefficient (Wildman–Crippen LogP) is 2.31. The normalized spacial score (nSPS) is 21.9. The molecule has 1 aliphatic heterocycles. The fourth-order valence-corrected chi connectivity index (χ4v) is 3.83. The summed E-state index contributed by atoms with van der Waals surface area (Å²) in [7, 11) is 0. The first-order valence-electron chi connectivity index (χ1n) is 9.21. The molecule has 5 heteroatoms. The van der Waals surface area contributed by atoms with Gasteiger partial charge in [0.15, 0.2) is 0 Å². The average Bonchev–Trinajstić information content (AvgIpc) is 3.14. The Bertz CT molecular complexity index is 555. The summed E-state index contributed by atoms with van der Waals surface area (Å²) in [5.74, 6) is 0.297. The van der Waals surface area contributed by atoms with Crippen LogP contribution in [0.25, 0.3) is 0 Å². The minimum absolute atomic E-state index is 0.0434. The molecule has 2 amide bonds. The number of carbonyl (C=O) groups excluding carboxylic acids is 2. The third-order valence-corrected chi connectivity index (χ3v) is 5.22. The lowest BCUT2D eigenvalue weighted by molar-refractivity contribution is -0.140. The molecule has 2 aliphatic rings. The second-order valence-electron chi connectivity index (χ2n) is 6.94. The number of nitrogens with zero attached hydrogens (tertiary/aromatic N) is 2. The first-order chi connectivity index (χ1) is 11.7. The van der Waals surface area contributed by atoms with E-state index in [9.17, 15) is 9.59 Å². The zero-order valence-corrected chi connectivity index (χ0v) is 14.2. The highest BCUT2D eigenvalue weighted by molar-refractivity contribution is 5.84. The molecule has 1 saturated heterocycles. The van der Waals surface area contributed by atoms with Gasteiger partial charge in [0, 0.05) is 37.4 Å². The topological polar surface area (TPSA) is 62.3 Å². The quantitative estimate of drug-likeness (QED) is 0.815. The van der Waals surface area contributed by atoms with Crippen LogP contribution in [-0.2, 0) is 16.0 Å².